The van der Waals surface area contributed by atoms with Gasteiger partial charge in [-0.25, -0.2) is 9.78 Å². The molecule has 1 aliphatic carbocycles. The van der Waals surface area contributed by atoms with Gasteiger partial charge in [0.2, 0.25) is 0 Å². The minimum atomic E-state index is 0.0863. The van der Waals surface area contributed by atoms with Gasteiger partial charge in [0.05, 0.1) is 0 Å². The third kappa shape index (κ3) is 3.51. The summed E-state index contributed by atoms with van der Waals surface area (Å²) >= 11 is 0. The minimum absolute atomic E-state index is 0.0863. The molecule has 2 heterocycles. The molecule has 1 aromatic heterocycles. The van der Waals surface area contributed by atoms with Crippen molar-refractivity contribution in [3.63, 3.8) is 0 Å². The van der Waals surface area contributed by atoms with E-state index in [9.17, 15) is 4.79 Å². The molecule has 120 valence electrons. The van der Waals surface area contributed by atoms with Crippen molar-refractivity contribution >= 4 is 11.8 Å². The van der Waals surface area contributed by atoms with Crippen molar-refractivity contribution in [1.82, 2.24) is 15.2 Å². The molecule has 5 nitrogen and oxygen atoms in total. The summed E-state index contributed by atoms with van der Waals surface area (Å²) in [6.45, 7) is 2.76. The third-order valence-electron chi connectivity index (χ3n) is 5.07. The molecule has 0 radical (unpaired) electrons. The maximum atomic E-state index is 12.2. The molecule has 0 spiro atoms. The Morgan fingerprint density at radius 1 is 1.32 bits per heavy atom. The first-order valence-corrected chi connectivity index (χ1v) is 8.40. The number of pyridine rings is 1. The Morgan fingerprint density at radius 2 is 2.09 bits per heavy atom. The van der Waals surface area contributed by atoms with Crippen molar-refractivity contribution in [3.8, 4) is 0 Å². The Bertz CT molecular complexity index is 481. The van der Waals surface area contributed by atoms with Gasteiger partial charge in [-0.2, -0.15) is 0 Å². The predicted octanol–water partition coefficient (Wildman–Crippen LogP) is 2.49. The fourth-order valence-corrected chi connectivity index (χ4v) is 3.24. The first kappa shape index (κ1) is 15.1. The Labute approximate surface area is 132 Å². The van der Waals surface area contributed by atoms with Crippen LogP contribution in [0.1, 0.15) is 32.1 Å². The fraction of sp³-hybridized carbons (Fsp3) is 0.647. The van der Waals surface area contributed by atoms with Crippen LogP contribution in [0.5, 0.6) is 0 Å². The normalized spacial score (nSPS) is 19.6. The Hall–Kier alpha value is -1.78. The van der Waals surface area contributed by atoms with Crippen LogP contribution in [-0.4, -0.2) is 48.6 Å². The number of piperidine rings is 1. The lowest BCUT2D eigenvalue weighted by Gasteiger charge is -2.37. The average Bonchev–Trinajstić information content (AvgIpc) is 2.53. The number of amides is 2. The van der Waals surface area contributed by atoms with E-state index in [1.807, 2.05) is 30.3 Å². The van der Waals surface area contributed by atoms with Gasteiger partial charge < -0.3 is 15.1 Å². The molecule has 0 bridgehead atoms. The molecule has 0 atom stereocenters. The van der Waals surface area contributed by atoms with Crippen LogP contribution < -0.4 is 10.2 Å². The summed E-state index contributed by atoms with van der Waals surface area (Å²) in [5, 5.41) is 3.09. The summed E-state index contributed by atoms with van der Waals surface area (Å²) in [7, 11) is 1.93. The molecule has 2 aliphatic rings. The van der Waals surface area contributed by atoms with Crippen LogP contribution in [0, 0.1) is 5.92 Å². The van der Waals surface area contributed by atoms with E-state index in [2.05, 4.69) is 21.3 Å². The number of rotatable bonds is 4. The van der Waals surface area contributed by atoms with Crippen LogP contribution in [0.2, 0.25) is 0 Å². The molecule has 2 amide bonds. The van der Waals surface area contributed by atoms with E-state index in [1.54, 1.807) is 0 Å². The summed E-state index contributed by atoms with van der Waals surface area (Å²) in [4.78, 5) is 20.8. The van der Waals surface area contributed by atoms with Crippen molar-refractivity contribution in [2.24, 2.45) is 5.92 Å². The van der Waals surface area contributed by atoms with E-state index >= 15 is 0 Å². The van der Waals surface area contributed by atoms with Crippen LogP contribution >= 0.6 is 0 Å². The van der Waals surface area contributed by atoms with Crippen molar-refractivity contribution in [3.05, 3.63) is 24.4 Å². The topological polar surface area (TPSA) is 48.5 Å². The molecule has 1 aliphatic heterocycles. The minimum Gasteiger partial charge on any atom is -0.356 e. The second-order valence-corrected chi connectivity index (χ2v) is 6.50. The number of urea groups is 1. The zero-order valence-electron chi connectivity index (χ0n) is 13.4. The van der Waals surface area contributed by atoms with E-state index in [0.29, 0.717) is 12.0 Å². The first-order valence-electron chi connectivity index (χ1n) is 8.40. The summed E-state index contributed by atoms with van der Waals surface area (Å²) in [5.41, 5.74) is 0. The van der Waals surface area contributed by atoms with Gasteiger partial charge >= 0.3 is 6.03 Å². The van der Waals surface area contributed by atoms with Crippen LogP contribution in [0.4, 0.5) is 10.6 Å². The Morgan fingerprint density at radius 3 is 2.68 bits per heavy atom. The number of carbonyl (C=O) groups is 1. The molecule has 3 rings (SSSR count). The van der Waals surface area contributed by atoms with Gasteiger partial charge in [0.1, 0.15) is 5.82 Å². The van der Waals surface area contributed by atoms with Crippen LogP contribution in [0.15, 0.2) is 24.4 Å². The maximum Gasteiger partial charge on any atom is 0.317 e. The zero-order chi connectivity index (χ0) is 15.4. The van der Waals surface area contributed by atoms with Crippen molar-refractivity contribution < 1.29 is 4.79 Å². The lowest BCUT2D eigenvalue weighted by molar-refractivity contribution is 0.175. The molecule has 22 heavy (non-hydrogen) atoms. The molecular weight excluding hydrogens is 276 g/mol. The molecule has 5 heteroatoms. The van der Waals surface area contributed by atoms with Gasteiger partial charge in [0.25, 0.3) is 0 Å². The lowest BCUT2D eigenvalue weighted by atomic mass is 9.85. The summed E-state index contributed by atoms with van der Waals surface area (Å²) < 4.78 is 0. The van der Waals surface area contributed by atoms with E-state index in [0.717, 1.165) is 38.3 Å². The highest BCUT2D eigenvalue weighted by Gasteiger charge is 2.26. The fourth-order valence-electron chi connectivity index (χ4n) is 3.24. The number of hydrogen-bond acceptors (Lipinski definition) is 3. The number of anilines is 1. The molecule has 2 fully saturated rings. The van der Waals surface area contributed by atoms with Gasteiger partial charge in [-0.3, -0.25) is 0 Å². The number of nitrogens with zero attached hydrogens (tertiary/aromatic N) is 3. The maximum absolute atomic E-state index is 12.2. The van der Waals surface area contributed by atoms with Gasteiger partial charge in [-0.1, -0.05) is 12.5 Å². The van der Waals surface area contributed by atoms with Crippen LogP contribution in [-0.2, 0) is 0 Å². The summed E-state index contributed by atoms with van der Waals surface area (Å²) in [5.74, 6) is 1.75. The largest absolute Gasteiger partial charge is 0.356 e. The Kier molecular flexibility index (Phi) is 4.80. The number of carbonyl (C=O) groups excluding carboxylic acids is 1. The highest BCUT2D eigenvalue weighted by atomic mass is 16.2. The molecule has 1 N–H and O–H groups in total. The summed E-state index contributed by atoms with van der Waals surface area (Å²) in [6, 6.07) is 6.44. The van der Waals surface area contributed by atoms with Gasteiger partial charge in [0.15, 0.2) is 0 Å². The third-order valence-corrected chi connectivity index (χ3v) is 5.07. The molecule has 1 saturated carbocycles. The second kappa shape index (κ2) is 6.99. The lowest BCUT2D eigenvalue weighted by Crippen LogP contribution is -2.50. The quantitative estimate of drug-likeness (QED) is 0.929. The van der Waals surface area contributed by atoms with E-state index in [1.165, 1.54) is 19.3 Å². The molecule has 1 saturated heterocycles. The van der Waals surface area contributed by atoms with Gasteiger partial charge in [-0.15, -0.1) is 0 Å². The van der Waals surface area contributed by atoms with Gasteiger partial charge in [0, 0.05) is 38.9 Å². The number of nitrogens with one attached hydrogen (secondary N) is 1. The standard InChI is InChI=1S/C17H26N4O/c1-20(17(22)19-13-14-5-4-6-14)15-8-11-21(12-9-15)16-7-2-3-10-18-16/h2-3,7,10,14-15H,4-6,8-9,11-13H2,1H3,(H,19,22). The van der Waals surface area contributed by atoms with Crippen molar-refractivity contribution in [2.75, 3.05) is 31.6 Å². The second-order valence-electron chi connectivity index (χ2n) is 6.50. The average molecular weight is 302 g/mol. The van der Waals surface area contributed by atoms with Gasteiger partial charge in [-0.05, 0) is 43.7 Å². The highest BCUT2D eigenvalue weighted by molar-refractivity contribution is 5.74. The van der Waals surface area contributed by atoms with Crippen LogP contribution in [0.3, 0.4) is 0 Å². The smallest absolute Gasteiger partial charge is 0.317 e. The predicted molar refractivity (Wildman–Crippen MR) is 88.0 cm³/mol. The van der Waals surface area contributed by atoms with E-state index < -0.39 is 0 Å². The monoisotopic (exact) mass is 302 g/mol. The zero-order valence-corrected chi connectivity index (χ0v) is 13.4. The SMILES string of the molecule is CN(C(=O)NCC1CCC1)C1CCN(c2ccccn2)CC1. The van der Waals surface area contributed by atoms with E-state index in [-0.39, 0.29) is 6.03 Å². The molecule has 0 aromatic carbocycles. The Balaban J connectivity index is 1.44. The molecular formula is C17H26N4O. The highest BCUT2D eigenvalue weighted by Crippen LogP contribution is 2.25. The first-order chi connectivity index (χ1) is 10.7. The molecule has 1 aromatic rings. The van der Waals surface area contributed by atoms with Crippen LogP contribution in [0.25, 0.3) is 0 Å². The van der Waals surface area contributed by atoms with Crippen molar-refractivity contribution in [2.45, 2.75) is 38.1 Å². The van der Waals surface area contributed by atoms with E-state index in [4.69, 9.17) is 0 Å². The number of aromatic nitrogens is 1. The number of hydrogen-bond donors (Lipinski definition) is 1. The summed E-state index contributed by atoms with van der Waals surface area (Å²) in [6.07, 6.45) is 7.70. The molecule has 0 unspecified atom stereocenters. The van der Waals surface area contributed by atoms with Crippen molar-refractivity contribution in [1.29, 1.82) is 0 Å².